The number of nitrogen functional groups attached to an aromatic ring is 1. The monoisotopic (exact) mass is 176 g/mol. The third kappa shape index (κ3) is 1.35. The zero-order valence-electron chi connectivity index (χ0n) is 7.06. The molecule has 0 amide bonds. The Balaban J connectivity index is 2.53. The molecule has 2 rings (SSSR count). The lowest BCUT2D eigenvalue weighted by Gasteiger charge is -1.96. The van der Waals surface area contributed by atoms with Gasteiger partial charge in [-0.15, -0.1) is 0 Å². The largest absolute Gasteiger partial charge is 0.394 e. The van der Waals surface area contributed by atoms with E-state index in [1.54, 1.807) is 19.2 Å². The molecule has 0 saturated heterocycles. The molecule has 0 fully saturated rings. The standard InChI is InChI=1S/C8H8N4O/c1-5-10-3-2-7(12-5)8-6(9)4-11-13-8/h2-4H,9H2,1H3. The second-order valence-electron chi connectivity index (χ2n) is 2.60. The van der Waals surface area contributed by atoms with Crippen LogP contribution in [0, 0.1) is 6.92 Å². The first-order valence-electron chi connectivity index (χ1n) is 3.77. The number of nitrogens with zero attached hydrogens (tertiary/aromatic N) is 3. The lowest BCUT2D eigenvalue weighted by Crippen LogP contribution is -1.91. The minimum Gasteiger partial charge on any atom is -0.394 e. The van der Waals surface area contributed by atoms with Crippen LogP contribution in [-0.2, 0) is 0 Å². The van der Waals surface area contributed by atoms with Crippen molar-refractivity contribution in [2.45, 2.75) is 6.92 Å². The predicted molar refractivity (Wildman–Crippen MR) is 46.7 cm³/mol. The fourth-order valence-electron chi connectivity index (χ4n) is 1.02. The number of rotatable bonds is 1. The van der Waals surface area contributed by atoms with Gasteiger partial charge in [-0.2, -0.15) is 0 Å². The number of anilines is 1. The van der Waals surface area contributed by atoms with Gasteiger partial charge >= 0.3 is 0 Å². The van der Waals surface area contributed by atoms with Crippen LogP contribution in [0.3, 0.4) is 0 Å². The van der Waals surface area contributed by atoms with Crippen molar-refractivity contribution in [3.63, 3.8) is 0 Å². The summed E-state index contributed by atoms with van der Waals surface area (Å²) in [5, 5.41) is 3.57. The molecule has 0 saturated carbocycles. The molecule has 0 spiro atoms. The van der Waals surface area contributed by atoms with E-state index in [4.69, 9.17) is 10.3 Å². The molecule has 2 aromatic rings. The Labute approximate surface area is 74.6 Å². The number of aryl methyl sites for hydroxylation is 1. The molecule has 66 valence electrons. The lowest BCUT2D eigenvalue weighted by molar-refractivity contribution is 0.431. The SMILES string of the molecule is Cc1nccc(-c2oncc2N)n1. The van der Waals surface area contributed by atoms with E-state index in [-0.39, 0.29) is 0 Å². The highest BCUT2D eigenvalue weighted by Crippen LogP contribution is 2.22. The van der Waals surface area contributed by atoms with Crippen molar-refractivity contribution >= 4 is 5.69 Å². The van der Waals surface area contributed by atoms with Crippen LogP contribution in [0.5, 0.6) is 0 Å². The van der Waals surface area contributed by atoms with Crippen molar-refractivity contribution in [2.75, 3.05) is 5.73 Å². The highest BCUT2D eigenvalue weighted by molar-refractivity contribution is 5.66. The van der Waals surface area contributed by atoms with Crippen molar-refractivity contribution in [3.05, 3.63) is 24.3 Å². The maximum Gasteiger partial charge on any atom is 0.208 e. The van der Waals surface area contributed by atoms with Gasteiger partial charge in [0.25, 0.3) is 0 Å². The van der Waals surface area contributed by atoms with Gasteiger partial charge in [0.15, 0.2) is 0 Å². The van der Waals surface area contributed by atoms with Gasteiger partial charge in [0.05, 0.1) is 6.20 Å². The number of hydrogen-bond donors (Lipinski definition) is 1. The molecule has 0 bridgehead atoms. The molecule has 2 N–H and O–H groups in total. The molecule has 0 radical (unpaired) electrons. The fourth-order valence-corrected chi connectivity index (χ4v) is 1.02. The van der Waals surface area contributed by atoms with E-state index in [2.05, 4.69) is 15.1 Å². The Morgan fingerprint density at radius 3 is 2.92 bits per heavy atom. The average Bonchev–Trinajstić information content (AvgIpc) is 2.51. The summed E-state index contributed by atoms with van der Waals surface area (Å²) in [6, 6.07) is 1.73. The van der Waals surface area contributed by atoms with Gasteiger partial charge in [0, 0.05) is 6.20 Å². The first-order valence-corrected chi connectivity index (χ1v) is 3.77. The molecule has 0 aliphatic heterocycles. The van der Waals surface area contributed by atoms with Crippen LogP contribution in [-0.4, -0.2) is 15.1 Å². The summed E-state index contributed by atoms with van der Waals surface area (Å²) in [6.07, 6.45) is 3.10. The van der Waals surface area contributed by atoms with Gasteiger partial charge in [-0.3, -0.25) is 0 Å². The summed E-state index contributed by atoms with van der Waals surface area (Å²) in [6.45, 7) is 1.80. The molecule has 0 aromatic carbocycles. The Morgan fingerprint density at radius 2 is 2.31 bits per heavy atom. The molecule has 0 aliphatic carbocycles. The Kier molecular flexibility index (Phi) is 1.70. The van der Waals surface area contributed by atoms with Gasteiger partial charge in [-0.05, 0) is 13.0 Å². The second-order valence-corrected chi connectivity index (χ2v) is 2.60. The number of nitrogens with two attached hydrogens (primary N) is 1. The van der Waals surface area contributed by atoms with E-state index in [0.717, 1.165) is 0 Å². The summed E-state index contributed by atoms with van der Waals surface area (Å²) in [4.78, 5) is 8.12. The molecule has 0 atom stereocenters. The van der Waals surface area contributed by atoms with Crippen LogP contribution in [0.15, 0.2) is 23.0 Å². The molecular weight excluding hydrogens is 168 g/mol. The van der Waals surface area contributed by atoms with Gasteiger partial charge in [-0.25, -0.2) is 9.97 Å². The normalized spacial score (nSPS) is 10.2. The van der Waals surface area contributed by atoms with Crippen molar-refractivity contribution in [1.82, 2.24) is 15.1 Å². The number of hydrogen-bond acceptors (Lipinski definition) is 5. The summed E-state index contributed by atoms with van der Waals surface area (Å²) < 4.78 is 4.94. The van der Waals surface area contributed by atoms with Gasteiger partial charge in [0.2, 0.25) is 5.76 Å². The van der Waals surface area contributed by atoms with Crippen molar-refractivity contribution < 1.29 is 4.52 Å². The highest BCUT2D eigenvalue weighted by atomic mass is 16.5. The zero-order valence-corrected chi connectivity index (χ0v) is 7.06. The minimum absolute atomic E-state index is 0.484. The third-order valence-electron chi connectivity index (χ3n) is 1.61. The molecular formula is C8H8N4O. The Bertz CT molecular complexity index is 424. The van der Waals surface area contributed by atoms with Crippen LogP contribution >= 0.6 is 0 Å². The Hall–Kier alpha value is -1.91. The number of aromatic nitrogens is 3. The molecule has 5 heteroatoms. The summed E-state index contributed by atoms with van der Waals surface area (Å²) in [5.74, 6) is 1.17. The maximum absolute atomic E-state index is 5.61. The molecule has 13 heavy (non-hydrogen) atoms. The molecule has 5 nitrogen and oxygen atoms in total. The average molecular weight is 176 g/mol. The van der Waals surface area contributed by atoms with E-state index in [1.165, 1.54) is 6.20 Å². The van der Waals surface area contributed by atoms with Crippen LogP contribution in [0.25, 0.3) is 11.5 Å². The van der Waals surface area contributed by atoms with Gasteiger partial charge < -0.3 is 10.3 Å². The summed E-state index contributed by atoms with van der Waals surface area (Å²) in [5.41, 5.74) is 6.75. The quantitative estimate of drug-likeness (QED) is 0.701. The molecule has 0 aliphatic rings. The second kappa shape index (κ2) is 2.85. The van der Waals surface area contributed by atoms with Gasteiger partial charge in [-0.1, -0.05) is 5.16 Å². The maximum atomic E-state index is 5.61. The summed E-state index contributed by atoms with van der Waals surface area (Å²) in [7, 11) is 0. The van der Waals surface area contributed by atoms with E-state index >= 15 is 0 Å². The molecule has 0 unspecified atom stereocenters. The lowest BCUT2D eigenvalue weighted by atomic mass is 10.3. The van der Waals surface area contributed by atoms with Crippen LogP contribution in [0.1, 0.15) is 5.82 Å². The van der Waals surface area contributed by atoms with E-state index in [1.807, 2.05) is 0 Å². The van der Waals surface area contributed by atoms with E-state index < -0.39 is 0 Å². The topological polar surface area (TPSA) is 77.8 Å². The summed E-state index contributed by atoms with van der Waals surface area (Å²) >= 11 is 0. The molecule has 2 aromatic heterocycles. The Morgan fingerprint density at radius 1 is 1.46 bits per heavy atom. The first-order chi connectivity index (χ1) is 6.27. The van der Waals surface area contributed by atoms with Crippen LogP contribution in [0.2, 0.25) is 0 Å². The van der Waals surface area contributed by atoms with Crippen molar-refractivity contribution in [2.24, 2.45) is 0 Å². The third-order valence-corrected chi connectivity index (χ3v) is 1.61. The molecule has 2 heterocycles. The predicted octanol–water partition coefficient (Wildman–Crippen LogP) is 1.02. The van der Waals surface area contributed by atoms with Crippen molar-refractivity contribution in [3.8, 4) is 11.5 Å². The van der Waals surface area contributed by atoms with Gasteiger partial charge in [0.1, 0.15) is 17.2 Å². The fraction of sp³-hybridized carbons (Fsp3) is 0.125. The van der Waals surface area contributed by atoms with E-state index in [0.29, 0.717) is 23.0 Å². The van der Waals surface area contributed by atoms with Crippen LogP contribution < -0.4 is 5.73 Å². The zero-order chi connectivity index (χ0) is 9.26. The highest BCUT2D eigenvalue weighted by Gasteiger charge is 2.08. The van der Waals surface area contributed by atoms with Crippen molar-refractivity contribution in [1.29, 1.82) is 0 Å². The minimum atomic E-state index is 0.484. The van der Waals surface area contributed by atoms with Crippen LogP contribution in [0.4, 0.5) is 5.69 Å². The van der Waals surface area contributed by atoms with E-state index in [9.17, 15) is 0 Å². The smallest absolute Gasteiger partial charge is 0.208 e. The first kappa shape index (κ1) is 7.72.